The molecule has 1 heterocycles. The first-order chi connectivity index (χ1) is 9.54. The number of aliphatic hydroxyl groups is 1. The maximum atomic E-state index is 13.6. The summed E-state index contributed by atoms with van der Waals surface area (Å²) < 4.78 is 19.5. The van der Waals surface area contributed by atoms with Crippen LogP contribution in [-0.4, -0.2) is 5.11 Å². The highest BCUT2D eigenvalue weighted by atomic mass is 35.5. The number of ether oxygens (including phenoxy) is 1. The summed E-state index contributed by atoms with van der Waals surface area (Å²) in [5, 5.41) is 10.8. The quantitative estimate of drug-likeness (QED) is 0.847. The molecule has 1 aliphatic heterocycles. The van der Waals surface area contributed by atoms with Crippen molar-refractivity contribution in [3.63, 3.8) is 0 Å². The van der Waals surface area contributed by atoms with Crippen LogP contribution in [0, 0.1) is 12.7 Å². The van der Waals surface area contributed by atoms with Crippen molar-refractivity contribution in [3.05, 3.63) is 63.9 Å². The third-order valence-electron chi connectivity index (χ3n) is 3.61. The summed E-state index contributed by atoms with van der Waals surface area (Å²) in [6.07, 6.45) is -0.629. The van der Waals surface area contributed by atoms with Gasteiger partial charge < -0.3 is 9.84 Å². The third kappa shape index (κ3) is 2.39. The molecule has 0 spiro atoms. The molecule has 20 heavy (non-hydrogen) atoms. The second kappa shape index (κ2) is 5.08. The van der Waals surface area contributed by atoms with Crippen molar-refractivity contribution in [3.8, 4) is 5.75 Å². The van der Waals surface area contributed by atoms with Gasteiger partial charge >= 0.3 is 0 Å². The lowest BCUT2D eigenvalue weighted by Crippen LogP contribution is -2.19. The maximum Gasteiger partial charge on any atom is 0.127 e. The standard InChI is InChI=1S/C16H14ClFO2/c1-9-2-3-10(6-13(9)18)16-8-14(19)12-7-11(17)4-5-15(12)20-16/h2-7,14,16,19H,8H2,1H3/t14-,16?/m1/s1. The molecule has 0 radical (unpaired) electrons. The number of aliphatic hydroxyl groups excluding tert-OH is 1. The molecule has 0 amide bonds. The zero-order valence-electron chi connectivity index (χ0n) is 10.9. The number of benzene rings is 2. The molecule has 0 aromatic heterocycles. The van der Waals surface area contributed by atoms with E-state index in [1.807, 2.05) is 6.07 Å². The zero-order chi connectivity index (χ0) is 14.3. The molecule has 0 saturated carbocycles. The summed E-state index contributed by atoms with van der Waals surface area (Å²) in [5.74, 6) is 0.335. The maximum absolute atomic E-state index is 13.6. The number of fused-ring (bicyclic) bond motifs is 1. The van der Waals surface area contributed by atoms with E-state index in [1.165, 1.54) is 6.07 Å². The first kappa shape index (κ1) is 13.4. The summed E-state index contributed by atoms with van der Waals surface area (Å²) in [7, 11) is 0. The van der Waals surface area contributed by atoms with Crippen LogP contribution in [0.1, 0.15) is 35.3 Å². The topological polar surface area (TPSA) is 29.5 Å². The second-order valence-corrected chi connectivity index (χ2v) is 5.49. The Labute approximate surface area is 121 Å². The molecule has 0 aliphatic carbocycles. The van der Waals surface area contributed by atoms with E-state index < -0.39 is 6.10 Å². The second-order valence-electron chi connectivity index (χ2n) is 5.05. The Morgan fingerprint density at radius 1 is 1.25 bits per heavy atom. The average Bonchev–Trinajstić information content (AvgIpc) is 2.42. The molecule has 2 nitrogen and oxygen atoms in total. The van der Waals surface area contributed by atoms with Crippen LogP contribution in [0.4, 0.5) is 4.39 Å². The third-order valence-corrected chi connectivity index (χ3v) is 3.84. The van der Waals surface area contributed by atoms with E-state index >= 15 is 0 Å². The lowest BCUT2D eigenvalue weighted by molar-refractivity contribution is 0.0656. The Balaban J connectivity index is 1.94. The molecular formula is C16H14ClFO2. The predicted molar refractivity (Wildman–Crippen MR) is 75.5 cm³/mol. The van der Waals surface area contributed by atoms with Gasteiger partial charge in [0, 0.05) is 17.0 Å². The number of hydrogen-bond donors (Lipinski definition) is 1. The molecule has 1 aliphatic rings. The summed E-state index contributed by atoms with van der Waals surface area (Å²) in [4.78, 5) is 0. The van der Waals surface area contributed by atoms with E-state index in [2.05, 4.69) is 0 Å². The van der Waals surface area contributed by atoms with E-state index in [1.54, 1.807) is 31.2 Å². The van der Waals surface area contributed by atoms with Gasteiger partial charge in [0.15, 0.2) is 0 Å². The summed E-state index contributed by atoms with van der Waals surface area (Å²) in [6, 6.07) is 10.2. The van der Waals surface area contributed by atoms with Gasteiger partial charge in [-0.05, 0) is 42.3 Å². The number of rotatable bonds is 1. The van der Waals surface area contributed by atoms with Gasteiger partial charge in [0.05, 0.1) is 6.10 Å². The van der Waals surface area contributed by atoms with E-state index in [-0.39, 0.29) is 11.9 Å². The largest absolute Gasteiger partial charge is 0.485 e. The number of aryl methyl sites for hydroxylation is 1. The summed E-state index contributed by atoms with van der Waals surface area (Å²) in [6.45, 7) is 1.72. The Bertz CT molecular complexity index is 657. The van der Waals surface area contributed by atoms with Gasteiger partial charge in [-0.1, -0.05) is 23.7 Å². The van der Waals surface area contributed by atoms with E-state index in [9.17, 15) is 9.50 Å². The molecule has 4 heteroatoms. The minimum absolute atomic E-state index is 0.262. The lowest BCUT2D eigenvalue weighted by atomic mass is 9.94. The summed E-state index contributed by atoms with van der Waals surface area (Å²) >= 11 is 5.92. The molecule has 1 N–H and O–H groups in total. The molecule has 104 valence electrons. The average molecular weight is 293 g/mol. The van der Waals surface area contributed by atoms with Gasteiger partial charge in [0.25, 0.3) is 0 Å². The van der Waals surface area contributed by atoms with Crippen LogP contribution in [0.5, 0.6) is 5.75 Å². The Hall–Kier alpha value is -1.58. The normalized spacial score (nSPS) is 21.2. The highest BCUT2D eigenvalue weighted by Gasteiger charge is 2.28. The Kier molecular flexibility index (Phi) is 3.40. The fraction of sp³-hybridized carbons (Fsp3) is 0.250. The van der Waals surface area contributed by atoms with Gasteiger partial charge in [-0.3, -0.25) is 0 Å². The fourth-order valence-corrected chi connectivity index (χ4v) is 2.61. The van der Waals surface area contributed by atoms with Crippen molar-refractivity contribution in [1.29, 1.82) is 0 Å². The van der Waals surface area contributed by atoms with Gasteiger partial charge in [-0.25, -0.2) is 4.39 Å². The zero-order valence-corrected chi connectivity index (χ0v) is 11.7. The van der Waals surface area contributed by atoms with Crippen molar-refractivity contribution in [2.24, 2.45) is 0 Å². The summed E-state index contributed by atoms with van der Waals surface area (Å²) in [5.41, 5.74) is 2.01. The smallest absolute Gasteiger partial charge is 0.127 e. The fourth-order valence-electron chi connectivity index (χ4n) is 2.43. The molecule has 2 aromatic rings. The molecule has 3 rings (SSSR count). The van der Waals surface area contributed by atoms with Crippen LogP contribution in [0.3, 0.4) is 0 Å². The van der Waals surface area contributed by atoms with Gasteiger partial charge in [-0.2, -0.15) is 0 Å². The van der Waals surface area contributed by atoms with Crippen LogP contribution in [0.2, 0.25) is 5.02 Å². The molecular weight excluding hydrogens is 279 g/mol. The van der Waals surface area contributed by atoms with Crippen LogP contribution >= 0.6 is 11.6 Å². The lowest BCUT2D eigenvalue weighted by Gasteiger charge is -2.30. The molecule has 1 unspecified atom stereocenters. The number of hydrogen-bond acceptors (Lipinski definition) is 2. The van der Waals surface area contributed by atoms with Gasteiger partial charge in [-0.15, -0.1) is 0 Å². The van der Waals surface area contributed by atoms with Crippen LogP contribution < -0.4 is 4.74 Å². The molecule has 0 fully saturated rings. The minimum atomic E-state index is -0.660. The highest BCUT2D eigenvalue weighted by molar-refractivity contribution is 6.30. The predicted octanol–water partition coefficient (Wildman–Crippen LogP) is 4.34. The number of halogens is 2. The first-order valence-electron chi connectivity index (χ1n) is 6.45. The molecule has 0 saturated heterocycles. The van der Waals surface area contributed by atoms with Crippen LogP contribution in [0.15, 0.2) is 36.4 Å². The molecule has 2 aromatic carbocycles. The molecule has 2 atom stereocenters. The monoisotopic (exact) mass is 292 g/mol. The van der Waals surface area contributed by atoms with Crippen molar-refractivity contribution in [2.75, 3.05) is 0 Å². The highest BCUT2D eigenvalue weighted by Crippen LogP contribution is 2.41. The van der Waals surface area contributed by atoms with E-state index in [0.717, 1.165) is 5.56 Å². The van der Waals surface area contributed by atoms with E-state index in [0.29, 0.717) is 28.3 Å². The SMILES string of the molecule is Cc1ccc(C2C[C@@H](O)c3cc(Cl)ccc3O2)cc1F. The Morgan fingerprint density at radius 2 is 2.05 bits per heavy atom. The van der Waals surface area contributed by atoms with Gasteiger partial charge in [0.2, 0.25) is 0 Å². The van der Waals surface area contributed by atoms with Crippen molar-refractivity contribution >= 4 is 11.6 Å². The van der Waals surface area contributed by atoms with E-state index in [4.69, 9.17) is 16.3 Å². The van der Waals surface area contributed by atoms with Crippen LogP contribution in [0.25, 0.3) is 0 Å². The van der Waals surface area contributed by atoms with Gasteiger partial charge in [0.1, 0.15) is 17.7 Å². The minimum Gasteiger partial charge on any atom is -0.485 e. The van der Waals surface area contributed by atoms with Crippen molar-refractivity contribution < 1.29 is 14.2 Å². The Morgan fingerprint density at radius 3 is 2.80 bits per heavy atom. The first-order valence-corrected chi connectivity index (χ1v) is 6.82. The van der Waals surface area contributed by atoms with Crippen LogP contribution in [-0.2, 0) is 0 Å². The molecule has 0 bridgehead atoms. The van der Waals surface area contributed by atoms with Crippen molar-refractivity contribution in [1.82, 2.24) is 0 Å². The van der Waals surface area contributed by atoms with Crippen molar-refractivity contribution in [2.45, 2.75) is 25.6 Å².